The molecule has 1 aliphatic rings. The highest BCUT2D eigenvalue weighted by atomic mass is 32.2. The third kappa shape index (κ3) is 5.07. The van der Waals surface area contributed by atoms with Gasteiger partial charge in [-0.25, -0.2) is 8.42 Å². The first-order valence-electron chi connectivity index (χ1n) is 8.11. The molecule has 1 fully saturated rings. The van der Waals surface area contributed by atoms with Crippen molar-refractivity contribution in [1.82, 2.24) is 0 Å². The van der Waals surface area contributed by atoms with Crippen LogP contribution in [0.3, 0.4) is 0 Å². The number of halogens is 3. The number of nitro benzene ring substituents is 1. The third-order valence-corrected chi connectivity index (χ3v) is 6.90. The van der Waals surface area contributed by atoms with Crippen molar-refractivity contribution in [1.29, 1.82) is 0 Å². The number of benzene rings is 1. The van der Waals surface area contributed by atoms with Gasteiger partial charge in [-0.2, -0.15) is 13.2 Å². The summed E-state index contributed by atoms with van der Waals surface area (Å²) in [5.74, 6) is -1.59. The molecule has 0 aromatic heterocycles. The molecule has 0 unspecified atom stereocenters. The first-order chi connectivity index (χ1) is 12.9. The molecule has 0 aliphatic heterocycles. The fraction of sp³-hybridized carbons (Fsp3) is 0.533. The van der Waals surface area contributed by atoms with Crippen LogP contribution in [0.5, 0.6) is 0 Å². The van der Waals surface area contributed by atoms with Gasteiger partial charge in [-0.05, 0) is 37.8 Å². The molecule has 13 heteroatoms. The van der Waals surface area contributed by atoms with Crippen molar-refractivity contribution in [2.45, 2.75) is 53.5 Å². The van der Waals surface area contributed by atoms with Gasteiger partial charge in [0.1, 0.15) is 16.8 Å². The summed E-state index contributed by atoms with van der Waals surface area (Å²) in [6, 6.07) is 1.29. The molecule has 0 amide bonds. The number of alkyl halides is 3. The average molecular weight is 443 g/mol. The zero-order chi connectivity index (χ0) is 21.1. The zero-order valence-corrected chi connectivity index (χ0v) is 15.9. The largest absolute Gasteiger partial charge is 0.501 e. The minimum Gasteiger partial charge on any atom is -0.462 e. The third-order valence-electron chi connectivity index (χ3n) is 4.09. The number of carbonyl (C=O) groups excluding carboxylic acids is 1. The number of nitrogens with zero attached hydrogens (tertiary/aromatic N) is 1. The van der Waals surface area contributed by atoms with Crippen LogP contribution in [0.4, 0.5) is 18.9 Å². The van der Waals surface area contributed by atoms with Crippen LogP contribution >= 0.6 is 0 Å². The normalized spacial score (nSPS) is 17.1. The highest BCUT2D eigenvalue weighted by Gasteiger charge is 2.47. The maximum atomic E-state index is 12.6. The molecule has 0 saturated heterocycles. The van der Waals surface area contributed by atoms with Gasteiger partial charge in [0.25, 0.3) is 15.5 Å². The van der Waals surface area contributed by atoms with Crippen LogP contribution in [0.25, 0.3) is 0 Å². The summed E-state index contributed by atoms with van der Waals surface area (Å²) >= 11 is 0. The van der Waals surface area contributed by atoms with E-state index in [1.165, 1.54) is 0 Å². The Kier molecular flexibility index (Phi) is 6.80. The van der Waals surface area contributed by atoms with Crippen molar-refractivity contribution in [2.24, 2.45) is 0 Å². The molecular weight excluding hydrogens is 427 g/mol. The summed E-state index contributed by atoms with van der Waals surface area (Å²) < 4.78 is 78.2. The van der Waals surface area contributed by atoms with E-state index in [1.54, 1.807) is 0 Å². The maximum absolute atomic E-state index is 12.6. The van der Waals surface area contributed by atoms with E-state index in [0.717, 1.165) is 19.3 Å². The molecular formula is C15H16F3NO7S2. The molecule has 1 aromatic rings. The van der Waals surface area contributed by atoms with Gasteiger partial charge < -0.3 is 4.74 Å². The number of ether oxygens (including phenoxy) is 1. The molecule has 8 nitrogen and oxygen atoms in total. The van der Waals surface area contributed by atoms with Crippen LogP contribution in [0, 0.1) is 10.1 Å². The van der Waals surface area contributed by atoms with Gasteiger partial charge in [-0.1, -0.05) is 6.42 Å². The van der Waals surface area contributed by atoms with Crippen LogP contribution in [0.15, 0.2) is 28.0 Å². The minimum atomic E-state index is -5.81. The van der Waals surface area contributed by atoms with Crippen molar-refractivity contribution in [3.8, 4) is 0 Å². The van der Waals surface area contributed by atoms with Crippen LogP contribution in [0.1, 0.15) is 32.1 Å². The molecule has 1 aromatic carbocycles. The van der Waals surface area contributed by atoms with E-state index in [1.807, 2.05) is 0 Å². The van der Waals surface area contributed by atoms with Gasteiger partial charge in [0.2, 0.25) is 0 Å². The Labute approximate surface area is 160 Å². The molecule has 2 rings (SSSR count). The summed E-state index contributed by atoms with van der Waals surface area (Å²) in [7, 11) is -8.11. The number of carbonyl (C=O) groups is 1. The van der Waals surface area contributed by atoms with E-state index in [-0.39, 0.29) is 12.2 Å². The van der Waals surface area contributed by atoms with Gasteiger partial charge >= 0.3 is 11.5 Å². The Balaban J connectivity index is 2.23. The second-order valence-corrected chi connectivity index (χ2v) is 9.44. The molecule has 1 saturated carbocycles. The SMILES string of the molecule is O=C(C[S@](=O)c1ccc(S(=O)(=O)C(F)(F)F)cc1[N+](=O)[O-])OC1CCCCC1. The summed E-state index contributed by atoms with van der Waals surface area (Å²) in [6.07, 6.45) is 3.75. The second-order valence-electron chi connectivity index (χ2n) is 6.08. The standard InChI is InChI=1S/C15H16F3NO7S2/c16-15(17,18)28(24,25)11-6-7-13(12(8-11)19(21)22)27(23)9-14(20)26-10-4-2-1-3-5-10/h6-8,10H,1-5,9H2/t27-/m0/s1. The lowest BCUT2D eigenvalue weighted by Gasteiger charge is -2.21. The van der Waals surface area contributed by atoms with Crippen LogP contribution in [-0.2, 0) is 30.2 Å². The second kappa shape index (κ2) is 8.55. The van der Waals surface area contributed by atoms with E-state index in [9.17, 15) is 40.7 Å². The number of hydrogen-bond acceptors (Lipinski definition) is 7. The number of esters is 1. The Morgan fingerprint density at radius 3 is 2.39 bits per heavy atom. The van der Waals surface area contributed by atoms with Crippen molar-refractivity contribution >= 4 is 32.3 Å². The van der Waals surface area contributed by atoms with Gasteiger partial charge in [0, 0.05) is 6.07 Å². The average Bonchev–Trinajstić information content (AvgIpc) is 2.60. The zero-order valence-electron chi connectivity index (χ0n) is 14.3. The Morgan fingerprint density at radius 2 is 1.86 bits per heavy atom. The monoisotopic (exact) mass is 443 g/mol. The van der Waals surface area contributed by atoms with Gasteiger partial charge in [-0.15, -0.1) is 0 Å². The van der Waals surface area contributed by atoms with E-state index >= 15 is 0 Å². The first kappa shape index (κ1) is 22.3. The summed E-state index contributed by atoms with van der Waals surface area (Å²) in [4.78, 5) is 20.0. The molecule has 156 valence electrons. The molecule has 0 N–H and O–H groups in total. The molecule has 0 spiro atoms. The molecule has 0 radical (unpaired) electrons. The predicted molar refractivity (Wildman–Crippen MR) is 90.6 cm³/mol. The number of sulfone groups is 1. The van der Waals surface area contributed by atoms with Gasteiger partial charge in [0.05, 0.1) is 20.6 Å². The quantitative estimate of drug-likeness (QED) is 0.376. The smallest absolute Gasteiger partial charge is 0.462 e. The summed E-state index contributed by atoms with van der Waals surface area (Å²) in [6.45, 7) is 0. The molecule has 1 atom stereocenters. The molecule has 1 aliphatic carbocycles. The van der Waals surface area contributed by atoms with Crippen LogP contribution in [-0.4, -0.2) is 40.9 Å². The van der Waals surface area contributed by atoms with Crippen molar-refractivity contribution in [2.75, 3.05) is 5.75 Å². The fourth-order valence-electron chi connectivity index (χ4n) is 2.72. The molecule has 28 heavy (non-hydrogen) atoms. The Bertz CT molecular complexity index is 893. The Hall–Kier alpha value is -2.02. The first-order valence-corrected chi connectivity index (χ1v) is 10.9. The van der Waals surface area contributed by atoms with E-state index in [4.69, 9.17) is 4.74 Å². The number of rotatable bonds is 6. The van der Waals surface area contributed by atoms with E-state index < -0.39 is 58.3 Å². The number of nitro groups is 1. The van der Waals surface area contributed by atoms with Crippen molar-refractivity contribution < 1.29 is 40.3 Å². The lowest BCUT2D eigenvalue weighted by atomic mass is 9.98. The molecule has 0 heterocycles. The van der Waals surface area contributed by atoms with Gasteiger partial charge in [-0.3, -0.25) is 19.1 Å². The lowest BCUT2D eigenvalue weighted by molar-refractivity contribution is -0.388. The van der Waals surface area contributed by atoms with E-state index in [2.05, 4.69) is 0 Å². The van der Waals surface area contributed by atoms with Crippen molar-refractivity contribution in [3.63, 3.8) is 0 Å². The lowest BCUT2D eigenvalue weighted by Crippen LogP contribution is -2.25. The maximum Gasteiger partial charge on any atom is 0.501 e. The fourth-order valence-corrected chi connectivity index (χ4v) is 4.53. The van der Waals surface area contributed by atoms with E-state index in [0.29, 0.717) is 25.0 Å². The summed E-state index contributed by atoms with van der Waals surface area (Å²) in [5, 5.41) is 11.1. The summed E-state index contributed by atoms with van der Waals surface area (Å²) in [5.41, 5.74) is -6.74. The van der Waals surface area contributed by atoms with Gasteiger partial charge in [0.15, 0.2) is 0 Å². The molecule has 0 bridgehead atoms. The topological polar surface area (TPSA) is 121 Å². The van der Waals surface area contributed by atoms with Crippen molar-refractivity contribution in [3.05, 3.63) is 28.3 Å². The Morgan fingerprint density at radius 1 is 1.25 bits per heavy atom. The highest BCUT2D eigenvalue weighted by molar-refractivity contribution is 7.92. The van der Waals surface area contributed by atoms with Crippen LogP contribution in [0.2, 0.25) is 0 Å². The predicted octanol–water partition coefficient (Wildman–Crippen LogP) is 2.87. The van der Waals surface area contributed by atoms with Crippen LogP contribution < -0.4 is 0 Å². The highest BCUT2D eigenvalue weighted by Crippen LogP contribution is 2.34. The minimum absolute atomic E-state index is 0.183. The number of hydrogen-bond donors (Lipinski definition) is 0.